The molecule has 106 valence electrons. The van der Waals surface area contributed by atoms with Gasteiger partial charge in [-0.3, -0.25) is 0 Å². The van der Waals surface area contributed by atoms with Crippen LogP contribution in [0.3, 0.4) is 0 Å². The van der Waals surface area contributed by atoms with Crippen LogP contribution in [0.15, 0.2) is 34.8 Å². The molecule has 0 heterocycles. The average Bonchev–Trinajstić information content (AvgIpc) is 2.42. The molecule has 2 aromatic rings. The Morgan fingerprint density at radius 3 is 2.60 bits per heavy atom. The number of hydrogen-bond acceptors (Lipinski definition) is 1. The second-order valence-corrected chi connectivity index (χ2v) is 6.56. The molecule has 0 bridgehead atoms. The summed E-state index contributed by atoms with van der Waals surface area (Å²) in [5.74, 6) is 0.457. The Bertz CT molecular complexity index is 646. The largest absolute Gasteiger partial charge is 0.496 e. The molecule has 0 aliphatic heterocycles. The number of hydrogen-bond donors (Lipinski definition) is 0. The number of aryl methyl sites for hydroxylation is 1. The first-order valence-corrected chi connectivity index (χ1v) is 7.95. The normalized spacial score (nSPS) is 12.3. The van der Waals surface area contributed by atoms with Crippen LogP contribution in [0.1, 0.15) is 21.5 Å². The number of ether oxygens (including phenoxy) is 1. The molecule has 1 unspecified atom stereocenters. The molecule has 1 nitrogen and oxygen atoms in total. The van der Waals surface area contributed by atoms with E-state index in [0.717, 1.165) is 16.9 Å². The lowest BCUT2D eigenvalue weighted by Crippen LogP contribution is -1.98. The highest BCUT2D eigenvalue weighted by molar-refractivity contribution is 9.10. The Hall–Kier alpha value is -0.580. The topological polar surface area (TPSA) is 9.23 Å². The minimum Gasteiger partial charge on any atom is -0.496 e. The van der Waals surface area contributed by atoms with Gasteiger partial charge < -0.3 is 4.74 Å². The molecule has 0 spiro atoms. The Balaban J connectivity index is 2.46. The summed E-state index contributed by atoms with van der Waals surface area (Å²) in [4.78, 5) is -0.289. The molecule has 0 aliphatic carbocycles. The second kappa shape index (κ2) is 6.46. The summed E-state index contributed by atoms with van der Waals surface area (Å²) in [5.41, 5.74) is 2.43. The lowest BCUT2D eigenvalue weighted by Gasteiger charge is -2.15. The van der Waals surface area contributed by atoms with Crippen LogP contribution in [0.4, 0.5) is 4.39 Å². The van der Waals surface area contributed by atoms with Gasteiger partial charge in [0.2, 0.25) is 0 Å². The molecule has 0 aliphatic rings. The fourth-order valence-corrected chi connectivity index (χ4v) is 3.03. The average molecular weight is 423 g/mol. The summed E-state index contributed by atoms with van der Waals surface area (Å²) in [6.45, 7) is 1.96. The number of rotatable bonds is 3. The zero-order chi connectivity index (χ0) is 14.9. The third-order valence-corrected chi connectivity index (χ3v) is 5.26. The Labute approximate surface area is 139 Å². The summed E-state index contributed by atoms with van der Waals surface area (Å²) in [5, 5.41) is 0.477. The predicted molar refractivity (Wildman–Crippen MR) is 87.6 cm³/mol. The number of alkyl halides is 1. The van der Waals surface area contributed by atoms with E-state index >= 15 is 0 Å². The van der Waals surface area contributed by atoms with Gasteiger partial charge in [-0.15, -0.1) is 0 Å². The van der Waals surface area contributed by atoms with E-state index in [-0.39, 0.29) is 10.6 Å². The second-order valence-electron chi connectivity index (χ2n) is 4.38. The maximum atomic E-state index is 14.1. The Morgan fingerprint density at radius 2 is 1.95 bits per heavy atom. The molecule has 0 saturated heterocycles. The number of halogens is 4. The summed E-state index contributed by atoms with van der Waals surface area (Å²) in [6, 6.07) is 8.77. The molecular weight excluding hydrogens is 410 g/mol. The molecule has 2 rings (SSSR count). The van der Waals surface area contributed by atoms with E-state index in [2.05, 4.69) is 31.9 Å². The van der Waals surface area contributed by atoms with Crippen molar-refractivity contribution < 1.29 is 9.13 Å². The lowest BCUT2D eigenvalue weighted by molar-refractivity contribution is 0.411. The summed E-state index contributed by atoms with van der Waals surface area (Å²) < 4.78 is 19.9. The maximum absolute atomic E-state index is 14.1. The smallest absolute Gasteiger partial charge is 0.129 e. The molecule has 2 aromatic carbocycles. The van der Waals surface area contributed by atoms with Crippen molar-refractivity contribution in [3.05, 3.63) is 62.3 Å². The first-order valence-electron chi connectivity index (χ1n) is 5.87. The van der Waals surface area contributed by atoms with Crippen molar-refractivity contribution in [3.63, 3.8) is 0 Å². The summed E-state index contributed by atoms with van der Waals surface area (Å²) in [7, 11) is 1.62. The zero-order valence-corrected chi connectivity index (χ0v) is 14.8. The Kier molecular flexibility index (Phi) is 5.10. The van der Waals surface area contributed by atoms with Gasteiger partial charge in [0, 0.05) is 10.0 Å². The lowest BCUT2D eigenvalue weighted by atomic mass is 10.0. The van der Waals surface area contributed by atoms with Gasteiger partial charge in [-0.1, -0.05) is 39.7 Å². The van der Waals surface area contributed by atoms with E-state index in [4.69, 9.17) is 16.3 Å². The van der Waals surface area contributed by atoms with Gasteiger partial charge in [0.25, 0.3) is 0 Å². The highest BCUT2D eigenvalue weighted by atomic mass is 79.9. The van der Waals surface area contributed by atoms with Crippen molar-refractivity contribution in [2.45, 2.75) is 11.8 Å². The van der Waals surface area contributed by atoms with Gasteiger partial charge in [-0.25, -0.2) is 4.39 Å². The predicted octanol–water partition coefficient (Wildman–Crippen LogP) is 6.04. The van der Waals surface area contributed by atoms with Crippen LogP contribution < -0.4 is 4.74 Å². The SMILES string of the molecule is COc1cc(C(Br)c2cc(Cl)c(Br)cc2F)ccc1C. The molecule has 20 heavy (non-hydrogen) atoms. The molecule has 0 aromatic heterocycles. The third kappa shape index (κ3) is 3.18. The molecule has 0 N–H and O–H groups in total. The van der Waals surface area contributed by atoms with Gasteiger partial charge in [0.05, 0.1) is 17.0 Å². The number of benzene rings is 2. The molecule has 0 fully saturated rings. The summed E-state index contributed by atoms with van der Waals surface area (Å²) >= 11 is 12.8. The van der Waals surface area contributed by atoms with Crippen molar-refractivity contribution in [1.82, 2.24) is 0 Å². The molecular formula is C15H12Br2ClFO. The van der Waals surface area contributed by atoms with Crippen LogP contribution >= 0.6 is 43.5 Å². The van der Waals surface area contributed by atoms with E-state index in [1.807, 2.05) is 25.1 Å². The first-order chi connectivity index (χ1) is 9.43. The monoisotopic (exact) mass is 420 g/mol. The fourth-order valence-electron chi connectivity index (χ4n) is 1.91. The van der Waals surface area contributed by atoms with Gasteiger partial charge in [0.15, 0.2) is 0 Å². The molecule has 0 radical (unpaired) electrons. The van der Waals surface area contributed by atoms with Gasteiger partial charge >= 0.3 is 0 Å². The van der Waals surface area contributed by atoms with Crippen LogP contribution in [0.2, 0.25) is 5.02 Å². The number of methoxy groups -OCH3 is 1. The fraction of sp³-hybridized carbons (Fsp3) is 0.200. The van der Waals surface area contributed by atoms with Crippen molar-refractivity contribution in [2.24, 2.45) is 0 Å². The van der Waals surface area contributed by atoms with Gasteiger partial charge in [0.1, 0.15) is 11.6 Å². The quantitative estimate of drug-likeness (QED) is 0.433. The van der Waals surface area contributed by atoms with Crippen molar-refractivity contribution in [3.8, 4) is 5.75 Å². The van der Waals surface area contributed by atoms with E-state index < -0.39 is 0 Å². The highest BCUT2D eigenvalue weighted by Gasteiger charge is 2.18. The first kappa shape index (κ1) is 15.8. The standard InChI is InChI=1S/C15H12Br2ClFO/c1-8-3-4-9(5-14(8)20-2)15(17)10-6-12(18)11(16)7-13(10)19/h3-7,15H,1-2H3. The van der Waals surface area contributed by atoms with Crippen LogP contribution in [0.5, 0.6) is 5.75 Å². The minimum absolute atomic E-state index is 0.289. The highest BCUT2D eigenvalue weighted by Crippen LogP contribution is 2.37. The van der Waals surface area contributed by atoms with Crippen molar-refractivity contribution in [1.29, 1.82) is 0 Å². The van der Waals surface area contributed by atoms with Crippen molar-refractivity contribution >= 4 is 43.5 Å². The van der Waals surface area contributed by atoms with Gasteiger partial charge in [-0.05, 0) is 52.2 Å². The van der Waals surface area contributed by atoms with E-state index in [1.165, 1.54) is 6.07 Å². The molecule has 1 atom stereocenters. The van der Waals surface area contributed by atoms with Crippen LogP contribution in [-0.4, -0.2) is 7.11 Å². The van der Waals surface area contributed by atoms with Crippen LogP contribution in [0, 0.1) is 12.7 Å². The van der Waals surface area contributed by atoms with Crippen LogP contribution in [0.25, 0.3) is 0 Å². The van der Waals surface area contributed by atoms with E-state index in [0.29, 0.717) is 15.1 Å². The van der Waals surface area contributed by atoms with Crippen LogP contribution in [-0.2, 0) is 0 Å². The maximum Gasteiger partial charge on any atom is 0.129 e. The van der Waals surface area contributed by atoms with Gasteiger partial charge in [-0.2, -0.15) is 0 Å². The van der Waals surface area contributed by atoms with E-state index in [1.54, 1.807) is 13.2 Å². The molecule has 0 saturated carbocycles. The molecule has 0 amide bonds. The van der Waals surface area contributed by atoms with E-state index in [9.17, 15) is 4.39 Å². The summed E-state index contributed by atoms with van der Waals surface area (Å²) in [6.07, 6.45) is 0. The zero-order valence-electron chi connectivity index (χ0n) is 10.9. The molecule has 5 heteroatoms. The Morgan fingerprint density at radius 1 is 1.25 bits per heavy atom. The van der Waals surface area contributed by atoms with Crippen molar-refractivity contribution in [2.75, 3.05) is 7.11 Å². The minimum atomic E-state index is -0.317. The third-order valence-electron chi connectivity index (χ3n) is 3.04.